The van der Waals surface area contributed by atoms with Crippen LogP contribution in [0.2, 0.25) is 0 Å². The lowest BCUT2D eigenvalue weighted by atomic mass is 10.4. The molecule has 0 fully saturated rings. The second-order valence-electron chi connectivity index (χ2n) is 4.20. The Hall–Kier alpha value is -1.68. The molecule has 0 atom stereocenters. The van der Waals surface area contributed by atoms with Gasteiger partial charge < -0.3 is 15.2 Å². The summed E-state index contributed by atoms with van der Waals surface area (Å²) in [6.45, 7) is 3.67. The number of ether oxygens (including phenoxy) is 2. The molecule has 0 aliphatic rings. The average Bonchev–Trinajstić information content (AvgIpc) is 2.48. The monoisotopic (exact) mass is 331 g/mol. The van der Waals surface area contributed by atoms with Crippen molar-refractivity contribution in [3.05, 3.63) is 30.3 Å². The highest BCUT2D eigenvalue weighted by Gasteiger charge is 2.33. The van der Waals surface area contributed by atoms with E-state index in [9.17, 15) is 13.2 Å². The Bertz CT molecular complexity index is 571. The van der Waals surface area contributed by atoms with Crippen LogP contribution in [0.1, 0.15) is 13.8 Å². The fourth-order valence-electron chi connectivity index (χ4n) is 1.73. The van der Waals surface area contributed by atoms with Gasteiger partial charge in [-0.25, -0.2) is 17.9 Å². The number of urea groups is 1. The third-order valence-electron chi connectivity index (χ3n) is 2.61. The summed E-state index contributed by atoms with van der Waals surface area (Å²) < 4.78 is 36.6. The van der Waals surface area contributed by atoms with Crippen LogP contribution in [0.25, 0.3) is 0 Å². The molecule has 0 aromatic heterocycles. The van der Waals surface area contributed by atoms with E-state index in [2.05, 4.69) is 5.32 Å². The van der Waals surface area contributed by atoms with Crippen molar-refractivity contribution in [1.82, 2.24) is 10.0 Å². The van der Waals surface area contributed by atoms with E-state index >= 15 is 0 Å². The van der Waals surface area contributed by atoms with Gasteiger partial charge in [-0.2, -0.15) is 0 Å². The lowest BCUT2D eigenvalue weighted by molar-refractivity contribution is -0.237. The van der Waals surface area contributed by atoms with E-state index in [0.717, 1.165) is 0 Å². The highest BCUT2D eigenvalue weighted by atomic mass is 32.2. The average molecular weight is 331 g/mol. The van der Waals surface area contributed by atoms with Gasteiger partial charge >= 0.3 is 6.03 Å². The van der Waals surface area contributed by atoms with E-state index in [1.807, 2.05) is 4.72 Å². The number of benzene rings is 1. The number of hydrogen-bond donors (Lipinski definition) is 3. The van der Waals surface area contributed by atoms with E-state index in [-0.39, 0.29) is 24.7 Å². The molecule has 0 unspecified atom stereocenters. The molecule has 0 spiro atoms. The summed E-state index contributed by atoms with van der Waals surface area (Å²) in [5, 5.41) is 2.31. The van der Waals surface area contributed by atoms with Crippen LogP contribution in [0.3, 0.4) is 0 Å². The Labute approximate surface area is 130 Å². The molecule has 1 rings (SSSR count). The molecule has 8 nitrogen and oxygen atoms in total. The van der Waals surface area contributed by atoms with Crippen LogP contribution >= 0.6 is 0 Å². The minimum atomic E-state index is -3.98. The highest BCUT2D eigenvalue weighted by molar-refractivity contribution is 7.90. The van der Waals surface area contributed by atoms with Gasteiger partial charge in [-0.3, -0.25) is 5.32 Å². The Kier molecular flexibility index (Phi) is 6.75. The topological polar surface area (TPSA) is 120 Å². The summed E-state index contributed by atoms with van der Waals surface area (Å²) in [5.41, 5.74) is 5.56. The van der Waals surface area contributed by atoms with Crippen LogP contribution < -0.4 is 15.8 Å². The zero-order valence-electron chi connectivity index (χ0n) is 12.5. The summed E-state index contributed by atoms with van der Waals surface area (Å²) in [6, 6.07) is 6.53. The Morgan fingerprint density at radius 3 is 2.18 bits per heavy atom. The molecular formula is C13H21N3O5S. The first kappa shape index (κ1) is 18.4. The molecule has 0 radical (unpaired) electrons. The summed E-state index contributed by atoms with van der Waals surface area (Å²) in [4.78, 5) is 11.9. The Balaban J connectivity index is 2.83. The molecule has 0 bridgehead atoms. The van der Waals surface area contributed by atoms with E-state index in [1.54, 1.807) is 32.0 Å². The summed E-state index contributed by atoms with van der Waals surface area (Å²) in [6.07, 6.45) is 0. The zero-order chi connectivity index (χ0) is 16.6. The third kappa shape index (κ3) is 4.95. The molecule has 4 N–H and O–H groups in total. The standard InChI is InChI=1S/C13H21N3O5S/c1-3-20-13(10-14,21-4-2)15-12(17)16-22(18,19)11-8-6-5-7-9-11/h5-9H,3-4,10,14H2,1-2H3,(H2,15,16,17). The first-order valence-electron chi connectivity index (χ1n) is 6.77. The van der Waals surface area contributed by atoms with Crippen LogP contribution in [0.4, 0.5) is 4.79 Å². The maximum absolute atomic E-state index is 12.0. The molecule has 0 saturated heterocycles. The first-order valence-corrected chi connectivity index (χ1v) is 8.25. The van der Waals surface area contributed by atoms with E-state index in [1.165, 1.54) is 12.1 Å². The van der Waals surface area contributed by atoms with Crippen molar-refractivity contribution < 1.29 is 22.7 Å². The lowest BCUT2D eigenvalue weighted by Crippen LogP contribution is -2.60. The van der Waals surface area contributed by atoms with Crippen molar-refractivity contribution in [2.75, 3.05) is 19.8 Å². The van der Waals surface area contributed by atoms with Crippen molar-refractivity contribution in [2.24, 2.45) is 5.73 Å². The van der Waals surface area contributed by atoms with Crippen molar-refractivity contribution in [3.8, 4) is 0 Å². The van der Waals surface area contributed by atoms with Crippen LogP contribution in [0.5, 0.6) is 0 Å². The predicted molar refractivity (Wildman–Crippen MR) is 80.3 cm³/mol. The molecule has 0 saturated carbocycles. The van der Waals surface area contributed by atoms with Gasteiger partial charge in [0.25, 0.3) is 15.9 Å². The smallest absolute Gasteiger partial charge is 0.332 e. The second-order valence-corrected chi connectivity index (χ2v) is 5.88. The van der Waals surface area contributed by atoms with Gasteiger partial charge in [0, 0.05) is 13.2 Å². The summed E-state index contributed by atoms with van der Waals surface area (Å²) >= 11 is 0. The molecule has 1 aromatic rings. The van der Waals surface area contributed by atoms with Crippen molar-refractivity contribution in [3.63, 3.8) is 0 Å². The van der Waals surface area contributed by atoms with E-state index in [0.29, 0.717) is 0 Å². The van der Waals surface area contributed by atoms with Crippen LogP contribution in [0.15, 0.2) is 35.2 Å². The molecule has 9 heteroatoms. The van der Waals surface area contributed by atoms with E-state index in [4.69, 9.17) is 15.2 Å². The van der Waals surface area contributed by atoms with Crippen LogP contribution in [-0.2, 0) is 19.5 Å². The van der Waals surface area contributed by atoms with Gasteiger partial charge in [-0.15, -0.1) is 0 Å². The molecule has 22 heavy (non-hydrogen) atoms. The zero-order valence-corrected chi connectivity index (χ0v) is 13.4. The number of nitrogens with two attached hydrogens (primary N) is 1. The molecule has 2 amide bonds. The SMILES string of the molecule is CCOC(CN)(NC(=O)NS(=O)(=O)c1ccccc1)OCC. The number of nitrogens with one attached hydrogen (secondary N) is 2. The van der Waals surface area contributed by atoms with Gasteiger partial charge in [-0.05, 0) is 26.0 Å². The third-order valence-corrected chi connectivity index (χ3v) is 3.96. The minimum Gasteiger partial charge on any atom is -0.332 e. The van der Waals surface area contributed by atoms with E-state index < -0.39 is 22.0 Å². The molecule has 124 valence electrons. The molecule has 0 aliphatic heterocycles. The van der Waals surface area contributed by atoms with Gasteiger partial charge in [0.05, 0.1) is 11.4 Å². The lowest BCUT2D eigenvalue weighted by Gasteiger charge is -2.32. The molecule has 0 heterocycles. The summed E-state index contributed by atoms with van der Waals surface area (Å²) in [5.74, 6) is -1.57. The number of carbonyl (C=O) groups is 1. The Morgan fingerprint density at radius 1 is 1.18 bits per heavy atom. The maximum atomic E-state index is 12.0. The van der Waals surface area contributed by atoms with Gasteiger partial charge in [0.15, 0.2) is 0 Å². The maximum Gasteiger partial charge on any atom is 0.332 e. The number of hydrogen-bond acceptors (Lipinski definition) is 6. The van der Waals surface area contributed by atoms with Crippen molar-refractivity contribution >= 4 is 16.1 Å². The van der Waals surface area contributed by atoms with Crippen LogP contribution in [0, 0.1) is 0 Å². The van der Waals surface area contributed by atoms with Gasteiger partial charge in [-0.1, -0.05) is 18.2 Å². The fraction of sp³-hybridized carbons (Fsp3) is 0.462. The largest absolute Gasteiger partial charge is 0.332 e. The quantitative estimate of drug-likeness (QED) is 0.592. The minimum absolute atomic E-state index is 0.0312. The fourth-order valence-corrected chi connectivity index (χ4v) is 2.66. The van der Waals surface area contributed by atoms with Crippen molar-refractivity contribution in [2.45, 2.75) is 24.7 Å². The molecular weight excluding hydrogens is 310 g/mol. The Morgan fingerprint density at radius 2 is 1.73 bits per heavy atom. The highest BCUT2D eigenvalue weighted by Crippen LogP contribution is 2.10. The molecule has 0 aliphatic carbocycles. The first-order chi connectivity index (χ1) is 10.4. The van der Waals surface area contributed by atoms with Gasteiger partial charge in [0.2, 0.25) is 0 Å². The normalized spacial score (nSPS) is 12.0. The predicted octanol–water partition coefficient (Wildman–Crippen LogP) is 0.360. The number of carbonyl (C=O) groups excluding carboxylic acids is 1. The number of sulfonamides is 1. The molecule has 1 aromatic carbocycles. The summed E-state index contributed by atoms with van der Waals surface area (Å²) in [7, 11) is -3.98. The number of amides is 2. The van der Waals surface area contributed by atoms with Gasteiger partial charge in [0.1, 0.15) is 0 Å². The van der Waals surface area contributed by atoms with Crippen LogP contribution in [-0.4, -0.2) is 40.1 Å². The number of rotatable bonds is 8. The van der Waals surface area contributed by atoms with Crippen molar-refractivity contribution in [1.29, 1.82) is 0 Å². The second kappa shape index (κ2) is 8.08.